The molecule has 0 saturated heterocycles. The van der Waals surface area contributed by atoms with Gasteiger partial charge in [-0.1, -0.05) is 29.4 Å². The lowest BCUT2D eigenvalue weighted by Crippen LogP contribution is -2.24. The Morgan fingerprint density at radius 3 is 2.93 bits per heavy atom. The molecule has 1 aliphatic heterocycles. The topological polar surface area (TPSA) is 90.1 Å². The van der Waals surface area contributed by atoms with Gasteiger partial charge in [0.25, 0.3) is 5.91 Å². The van der Waals surface area contributed by atoms with Crippen LogP contribution in [-0.4, -0.2) is 27.1 Å². The summed E-state index contributed by atoms with van der Waals surface area (Å²) in [5.74, 6) is 1.20. The molecule has 7 heteroatoms. The number of nitrogens with zero attached hydrogens (tertiary/aromatic N) is 3. The van der Waals surface area contributed by atoms with Crippen molar-refractivity contribution in [1.82, 2.24) is 20.4 Å². The van der Waals surface area contributed by atoms with Crippen LogP contribution in [0.1, 0.15) is 28.7 Å². The molecular weight excluding hydrogens is 368 g/mol. The quantitative estimate of drug-likeness (QED) is 0.577. The fourth-order valence-corrected chi connectivity index (χ4v) is 3.41. The smallest absolute Gasteiger partial charge is 0.271 e. The van der Waals surface area contributed by atoms with Crippen LogP contribution < -0.4 is 10.1 Å². The third kappa shape index (κ3) is 3.42. The standard InChI is InChI=1S/C22H18N4O3/c1-13-8-14-6-7-15(9-20(14)28-13)21-10-16(26-29-21)11-24-22(27)19-12-23-17-4-2-3-5-18(17)25-19/h2-7,9-10,12-13H,8,11H2,1H3,(H,24,27). The van der Waals surface area contributed by atoms with Crippen molar-refractivity contribution < 1.29 is 14.1 Å². The van der Waals surface area contributed by atoms with E-state index in [1.54, 1.807) is 0 Å². The highest BCUT2D eigenvalue weighted by Crippen LogP contribution is 2.33. The summed E-state index contributed by atoms with van der Waals surface area (Å²) in [5, 5.41) is 6.85. The first-order valence-electron chi connectivity index (χ1n) is 9.41. The van der Waals surface area contributed by atoms with Gasteiger partial charge in [0.05, 0.1) is 23.8 Å². The lowest BCUT2D eigenvalue weighted by atomic mass is 10.1. The highest BCUT2D eigenvalue weighted by molar-refractivity contribution is 5.93. The molecule has 0 spiro atoms. The summed E-state index contributed by atoms with van der Waals surface area (Å²) in [6, 6.07) is 15.2. The second-order valence-electron chi connectivity index (χ2n) is 7.06. The van der Waals surface area contributed by atoms with Gasteiger partial charge in [-0.3, -0.25) is 9.78 Å². The highest BCUT2D eigenvalue weighted by atomic mass is 16.5. The number of hydrogen-bond donors (Lipinski definition) is 1. The van der Waals surface area contributed by atoms with Crippen molar-refractivity contribution in [3.63, 3.8) is 0 Å². The average molecular weight is 386 g/mol. The monoisotopic (exact) mass is 386 g/mol. The number of carbonyl (C=O) groups excluding carboxylic acids is 1. The van der Waals surface area contributed by atoms with Gasteiger partial charge >= 0.3 is 0 Å². The Morgan fingerprint density at radius 1 is 1.17 bits per heavy atom. The molecule has 5 rings (SSSR count). The molecule has 2 aromatic carbocycles. The maximum atomic E-state index is 12.4. The largest absolute Gasteiger partial charge is 0.490 e. The maximum absolute atomic E-state index is 12.4. The maximum Gasteiger partial charge on any atom is 0.271 e. The fraction of sp³-hybridized carbons (Fsp3) is 0.182. The highest BCUT2D eigenvalue weighted by Gasteiger charge is 2.20. The molecule has 144 valence electrons. The first-order chi connectivity index (χ1) is 14.2. The zero-order chi connectivity index (χ0) is 19.8. The van der Waals surface area contributed by atoms with Crippen molar-refractivity contribution in [2.75, 3.05) is 0 Å². The van der Waals surface area contributed by atoms with Gasteiger partial charge in [0.2, 0.25) is 0 Å². The van der Waals surface area contributed by atoms with Gasteiger partial charge in [0, 0.05) is 18.1 Å². The van der Waals surface area contributed by atoms with Crippen LogP contribution in [0.3, 0.4) is 0 Å². The number of carbonyl (C=O) groups is 1. The molecule has 0 saturated carbocycles. The molecule has 4 aromatic rings. The molecule has 2 aromatic heterocycles. The molecule has 1 N–H and O–H groups in total. The zero-order valence-electron chi connectivity index (χ0n) is 15.8. The van der Waals surface area contributed by atoms with Crippen LogP contribution in [0, 0.1) is 0 Å². The molecule has 0 fully saturated rings. The minimum absolute atomic E-state index is 0.193. The van der Waals surface area contributed by atoms with Crippen molar-refractivity contribution in [1.29, 1.82) is 0 Å². The SMILES string of the molecule is CC1Cc2ccc(-c3cc(CNC(=O)c4cnc5ccccc5n4)no3)cc2O1. The normalized spacial score (nSPS) is 15.1. The number of hydrogen-bond acceptors (Lipinski definition) is 6. The number of aromatic nitrogens is 3. The van der Waals surface area contributed by atoms with E-state index in [1.165, 1.54) is 11.8 Å². The predicted molar refractivity (Wildman–Crippen MR) is 106 cm³/mol. The van der Waals surface area contributed by atoms with E-state index >= 15 is 0 Å². The number of nitrogens with one attached hydrogen (secondary N) is 1. The summed E-state index contributed by atoms with van der Waals surface area (Å²) in [5.41, 5.74) is 4.40. The summed E-state index contributed by atoms with van der Waals surface area (Å²) >= 11 is 0. The van der Waals surface area contributed by atoms with E-state index in [1.807, 2.05) is 42.5 Å². The Kier molecular flexibility index (Phi) is 4.20. The van der Waals surface area contributed by atoms with E-state index < -0.39 is 0 Å². The van der Waals surface area contributed by atoms with Gasteiger partial charge < -0.3 is 14.6 Å². The van der Waals surface area contributed by atoms with E-state index in [-0.39, 0.29) is 24.2 Å². The lowest BCUT2D eigenvalue weighted by Gasteiger charge is -2.03. The Balaban J connectivity index is 1.28. The minimum Gasteiger partial charge on any atom is -0.490 e. The van der Waals surface area contributed by atoms with Crippen molar-refractivity contribution >= 4 is 16.9 Å². The number of para-hydroxylation sites is 2. The summed E-state index contributed by atoms with van der Waals surface area (Å²) < 4.78 is 11.3. The Labute approximate surface area is 166 Å². The molecular formula is C22H18N4O3. The van der Waals surface area contributed by atoms with Crippen LogP contribution in [-0.2, 0) is 13.0 Å². The summed E-state index contributed by atoms with van der Waals surface area (Å²) in [6.07, 6.45) is 2.58. The molecule has 1 atom stereocenters. The zero-order valence-corrected chi connectivity index (χ0v) is 15.8. The van der Waals surface area contributed by atoms with E-state index in [0.29, 0.717) is 17.0 Å². The van der Waals surface area contributed by atoms with Gasteiger partial charge in [-0.05, 0) is 30.7 Å². The molecule has 1 unspecified atom stereocenters. The fourth-order valence-electron chi connectivity index (χ4n) is 3.41. The van der Waals surface area contributed by atoms with Crippen LogP contribution in [0.5, 0.6) is 5.75 Å². The molecule has 0 bridgehead atoms. The van der Waals surface area contributed by atoms with Crippen molar-refractivity contribution in [2.24, 2.45) is 0 Å². The van der Waals surface area contributed by atoms with E-state index in [0.717, 1.165) is 23.3 Å². The Hall–Kier alpha value is -3.74. The number of amides is 1. The third-order valence-corrected chi connectivity index (χ3v) is 4.86. The Bertz CT molecular complexity index is 1220. The van der Waals surface area contributed by atoms with E-state index in [9.17, 15) is 4.79 Å². The predicted octanol–water partition coefficient (Wildman–Crippen LogP) is 3.54. The number of ether oxygens (including phenoxy) is 1. The summed E-state index contributed by atoms with van der Waals surface area (Å²) in [6.45, 7) is 2.28. The van der Waals surface area contributed by atoms with Crippen LogP contribution >= 0.6 is 0 Å². The van der Waals surface area contributed by atoms with E-state index in [4.69, 9.17) is 9.26 Å². The van der Waals surface area contributed by atoms with Gasteiger partial charge in [-0.15, -0.1) is 0 Å². The molecule has 0 radical (unpaired) electrons. The molecule has 1 aliphatic rings. The summed E-state index contributed by atoms with van der Waals surface area (Å²) in [7, 11) is 0. The lowest BCUT2D eigenvalue weighted by molar-refractivity contribution is 0.0945. The molecule has 3 heterocycles. The van der Waals surface area contributed by atoms with Crippen molar-refractivity contribution in [3.8, 4) is 17.1 Å². The molecule has 0 aliphatic carbocycles. The summed E-state index contributed by atoms with van der Waals surface area (Å²) in [4.78, 5) is 21.0. The second kappa shape index (κ2) is 7.01. The first kappa shape index (κ1) is 17.4. The van der Waals surface area contributed by atoms with Crippen LogP contribution in [0.25, 0.3) is 22.4 Å². The minimum atomic E-state index is -0.312. The molecule has 1 amide bonds. The van der Waals surface area contributed by atoms with Gasteiger partial charge in [-0.25, -0.2) is 4.98 Å². The first-order valence-corrected chi connectivity index (χ1v) is 9.41. The van der Waals surface area contributed by atoms with Crippen molar-refractivity contribution in [2.45, 2.75) is 26.0 Å². The number of fused-ring (bicyclic) bond motifs is 2. The van der Waals surface area contributed by atoms with Crippen LogP contribution in [0.2, 0.25) is 0 Å². The van der Waals surface area contributed by atoms with Crippen LogP contribution in [0.4, 0.5) is 0 Å². The molecule has 29 heavy (non-hydrogen) atoms. The van der Waals surface area contributed by atoms with Gasteiger partial charge in [0.15, 0.2) is 5.76 Å². The Morgan fingerprint density at radius 2 is 2.03 bits per heavy atom. The molecule has 7 nitrogen and oxygen atoms in total. The van der Waals surface area contributed by atoms with Gasteiger partial charge in [0.1, 0.15) is 23.2 Å². The van der Waals surface area contributed by atoms with E-state index in [2.05, 4.69) is 33.4 Å². The third-order valence-electron chi connectivity index (χ3n) is 4.86. The van der Waals surface area contributed by atoms with Gasteiger partial charge in [-0.2, -0.15) is 0 Å². The van der Waals surface area contributed by atoms with Crippen molar-refractivity contribution in [3.05, 3.63) is 71.7 Å². The number of benzene rings is 2. The van der Waals surface area contributed by atoms with Crippen LogP contribution in [0.15, 0.2) is 59.3 Å². The number of rotatable bonds is 4. The average Bonchev–Trinajstić information content (AvgIpc) is 3.36. The second-order valence-corrected chi connectivity index (χ2v) is 7.06.